The Morgan fingerprint density at radius 1 is 1.03 bits per heavy atom. The number of nitrogens with zero attached hydrogens (tertiary/aromatic N) is 5. The molecule has 3 atom stereocenters. The van der Waals surface area contributed by atoms with Crippen molar-refractivity contribution in [3.8, 4) is 11.3 Å². The number of aliphatic hydroxyl groups excluding tert-OH is 2. The molecule has 9 heteroatoms. The van der Waals surface area contributed by atoms with Gasteiger partial charge in [-0.1, -0.05) is 24.3 Å². The first-order valence-electron chi connectivity index (χ1n) is 13.6. The molecule has 1 aliphatic carbocycles. The summed E-state index contributed by atoms with van der Waals surface area (Å²) in [5.41, 5.74) is 5.67. The minimum atomic E-state index is -0.849. The van der Waals surface area contributed by atoms with Crippen molar-refractivity contribution in [3.05, 3.63) is 82.9 Å². The Labute approximate surface area is 225 Å². The van der Waals surface area contributed by atoms with Crippen molar-refractivity contribution in [2.24, 2.45) is 0 Å². The van der Waals surface area contributed by atoms with E-state index in [4.69, 9.17) is 10.1 Å². The van der Waals surface area contributed by atoms with E-state index in [-0.39, 0.29) is 25.0 Å². The third-order valence-corrected chi connectivity index (χ3v) is 8.38. The van der Waals surface area contributed by atoms with Crippen LogP contribution >= 0.6 is 0 Å². The maximum absolute atomic E-state index is 15.3. The number of amides is 1. The second-order valence-corrected chi connectivity index (χ2v) is 11.0. The predicted molar refractivity (Wildman–Crippen MR) is 144 cm³/mol. The van der Waals surface area contributed by atoms with Gasteiger partial charge in [0.05, 0.1) is 23.9 Å². The van der Waals surface area contributed by atoms with Crippen molar-refractivity contribution in [1.29, 1.82) is 0 Å². The number of benzene rings is 2. The monoisotopic (exact) mass is 527 g/mol. The molecule has 2 aromatic heterocycles. The lowest BCUT2D eigenvalue weighted by Gasteiger charge is -2.35. The second-order valence-electron chi connectivity index (χ2n) is 11.0. The van der Waals surface area contributed by atoms with Crippen LogP contribution < -0.4 is 4.90 Å². The first-order valence-corrected chi connectivity index (χ1v) is 13.6. The molecule has 200 valence electrons. The van der Waals surface area contributed by atoms with Crippen LogP contribution in [0.1, 0.15) is 59.0 Å². The largest absolute Gasteiger partial charge is 0.389 e. The molecule has 0 bridgehead atoms. The molecule has 2 fully saturated rings. The van der Waals surface area contributed by atoms with E-state index in [1.54, 1.807) is 27.6 Å². The van der Waals surface area contributed by atoms with E-state index < -0.39 is 18.0 Å². The Kier molecular flexibility index (Phi) is 5.68. The fraction of sp³-hybridized carbons (Fsp3) is 0.367. The van der Waals surface area contributed by atoms with E-state index in [9.17, 15) is 15.0 Å². The summed E-state index contributed by atoms with van der Waals surface area (Å²) in [7, 11) is 0. The summed E-state index contributed by atoms with van der Waals surface area (Å²) in [5, 5.41) is 24.4. The Bertz CT molecular complexity index is 1590. The van der Waals surface area contributed by atoms with Crippen molar-refractivity contribution in [2.45, 2.75) is 50.4 Å². The van der Waals surface area contributed by atoms with Crippen LogP contribution in [-0.4, -0.2) is 67.5 Å². The number of carbonyl (C=O) groups is 1. The van der Waals surface area contributed by atoms with Crippen molar-refractivity contribution in [3.63, 3.8) is 0 Å². The molecule has 0 spiro atoms. The highest BCUT2D eigenvalue weighted by Crippen LogP contribution is 2.41. The molecule has 1 saturated carbocycles. The zero-order chi connectivity index (χ0) is 26.8. The third kappa shape index (κ3) is 4.17. The second kappa shape index (κ2) is 9.14. The van der Waals surface area contributed by atoms with Crippen LogP contribution in [-0.2, 0) is 6.42 Å². The molecule has 4 heterocycles. The van der Waals surface area contributed by atoms with Crippen molar-refractivity contribution in [1.82, 2.24) is 19.5 Å². The fourth-order valence-corrected chi connectivity index (χ4v) is 5.99. The van der Waals surface area contributed by atoms with Crippen LogP contribution in [0.5, 0.6) is 0 Å². The lowest BCUT2D eigenvalue weighted by Crippen LogP contribution is -2.39. The summed E-state index contributed by atoms with van der Waals surface area (Å²) in [6.07, 6.45) is 1.15. The Hall–Kier alpha value is -3.82. The number of hydrogen-bond donors (Lipinski definition) is 2. The molecule has 3 aliphatic rings. The number of carbonyl (C=O) groups excluding carboxylic acids is 1. The molecule has 0 unspecified atom stereocenters. The molecular weight excluding hydrogens is 497 g/mol. The maximum atomic E-state index is 15.3. The topological polar surface area (TPSA) is 94.2 Å². The quantitative estimate of drug-likeness (QED) is 0.420. The molecule has 2 N–H and O–H groups in total. The number of β-amino-alcohol motifs (C(OH)–C–C–N with tert-alkyl or cyclic N) is 2. The highest BCUT2D eigenvalue weighted by atomic mass is 19.1. The normalized spacial score (nSPS) is 22.9. The Morgan fingerprint density at radius 3 is 2.54 bits per heavy atom. The highest BCUT2D eigenvalue weighted by molar-refractivity contribution is 5.93. The molecule has 8 nitrogen and oxygen atoms in total. The summed E-state index contributed by atoms with van der Waals surface area (Å²) in [4.78, 5) is 22.1. The van der Waals surface area contributed by atoms with E-state index in [0.29, 0.717) is 40.7 Å². The van der Waals surface area contributed by atoms with Gasteiger partial charge in [0.15, 0.2) is 5.65 Å². The van der Waals surface area contributed by atoms with Gasteiger partial charge in [0.25, 0.3) is 5.91 Å². The van der Waals surface area contributed by atoms with Crippen LogP contribution in [0.4, 0.5) is 10.1 Å². The predicted octanol–water partition coefficient (Wildman–Crippen LogP) is 3.71. The van der Waals surface area contributed by atoms with E-state index >= 15 is 4.39 Å². The lowest BCUT2D eigenvalue weighted by molar-refractivity contribution is 0.0572. The van der Waals surface area contributed by atoms with Crippen LogP contribution in [0.2, 0.25) is 0 Å². The number of aliphatic hydroxyl groups is 2. The van der Waals surface area contributed by atoms with Crippen LogP contribution in [0.15, 0.2) is 54.6 Å². The molecule has 39 heavy (non-hydrogen) atoms. The van der Waals surface area contributed by atoms with Gasteiger partial charge in [-0.3, -0.25) is 4.79 Å². The number of fused-ring (bicyclic) bond motifs is 2. The van der Waals surface area contributed by atoms with Gasteiger partial charge < -0.3 is 20.0 Å². The third-order valence-electron chi connectivity index (χ3n) is 8.38. The van der Waals surface area contributed by atoms with Gasteiger partial charge in [0.2, 0.25) is 0 Å². The molecule has 0 radical (unpaired) electrons. The molecule has 2 aliphatic heterocycles. The van der Waals surface area contributed by atoms with Crippen LogP contribution in [0, 0.1) is 5.82 Å². The van der Waals surface area contributed by atoms with Crippen LogP contribution in [0.25, 0.3) is 16.9 Å². The van der Waals surface area contributed by atoms with E-state index in [2.05, 4.69) is 19.1 Å². The molecule has 1 saturated heterocycles. The number of rotatable bonds is 4. The molecule has 1 amide bonds. The number of anilines is 1. The minimum Gasteiger partial charge on any atom is -0.389 e. The van der Waals surface area contributed by atoms with Crippen molar-refractivity contribution < 1.29 is 19.4 Å². The smallest absolute Gasteiger partial charge is 0.273 e. The van der Waals surface area contributed by atoms with Gasteiger partial charge in [0, 0.05) is 48.6 Å². The average Bonchev–Trinajstić information content (AvgIpc) is 3.61. The first-order chi connectivity index (χ1) is 18.9. The fourth-order valence-electron chi connectivity index (χ4n) is 5.99. The molecular formula is C30H30FN5O3. The van der Waals surface area contributed by atoms with Crippen molar-refractivity contribution in [2.75, 3.05) is 24.5 Å². The number of aromatic nitrogens is 3. The summed E-state index contributed by atoms with van der Waals surface area (Å²) in [6, 6.07) is 16.7. The van der Waals surface area contributed by atoms with Gasteiger partial charge in [0.1, 0.15) is 11.5 Å². The summed E-state index contributed by atoms with van der Waals surface area (Å²) in [6.45, 7) is 3.20. The standard InChI is InChI=1S/C30H30FN5O3/c1-17-21-5-3-2-4-18(21)10-11-35(17)30(39)25-13-26(19-6-7-19)36-29(32-25)14-24(33-36)22-9-8-20(12-23(22)31)34-15-27(37)28(38)16-34/h2-5,8-9,12-14,17,19,27-28,37-38H,6-7,10-11,15-16H2,1H3/t17-,27+,28+/m1/s1. The van der Waals surface area contributed by atoms with E-state index in [0.717, 1.165) is 25.0 Å². The maximum Gasteiger partial charge on any atom is 0.273 e. The lowest BCUT2D eigenvalue weighted by atomic mass is 9.93. The number of hydrogen-bond acceptors (Lipinski definition) is 6. The van der Waals surface area contributed by atoms with Gasteiger partial charge in [-0.2, -0.15) is 5.10 Å². The summed E-state index contributed by atoms with van der Waals surface area (Å²) < 4.78 is 17.1. The van der Waals surface area contributed by atoms with Gasteiger partial charge in [-0.15, -0.1) is 0 Å². The average molecular weight is 528 g/mol. The molecule has 4 aromatic rings. The Balaban J connectivity index is 1.22. The van der Waals surface area contributed by atoms with E-state index in [1.807, 2.05) is 23.1 Å². The van der Waals surface area contributed by atoms with Gasteiger partial charge in [-0.05, 0) is 61.6 Å². The highest BCUT2D eigenvalue weighted by Gasteiger charge is 2.33. The van der Waals surface area contributed by atoms with Crippen LogP contribution in [0.3, 0.4) is 0 Å². The summed E-state index contributed by atoms with van der Waals surface area (Å²) in [5.74, 6) is -0.249. The molecule has 7 rings (SSSR count). The first kappa shape index (κ1) is 24.2. The zero-order valence-electron chi connectivity index (χ0n) is 21.7. The minimum absolute atomic E-state index is 0.0456. The zero-order valence-corrected chi connectivity index (χ0v) is 21.7. The van der Waals surface area contributed by atoms with E-state index in [1.165, 1.54) is 17.2 Å². The van der Waals surface area contributed by atoms with Gasteiger partial charge >= 0.3 is 0 Å². The summed E-state index contributed by atoms with van der Waals surface area (Å²) >= 11 is 0. The number of halogens is 1. The molecule has 2 aromatic carbocycles. The van der Waals surface area contributed by atoms with Gasteiger partial charge in [-0.25, -0.2) is 13.9 Å². The van der Waals surface area contributed by atoms with Crippen molar-refractivity contribution >= 4 is 17.2 Å². The Morgan fingerprint density at radius 2 is 1.79 bits per heavy atom. The SMILES string of the molecule is C[C@@H]1c2ccccc2CCN1C(=O)c1cc(C2CC2)n2nc(-c3ccc(N4C[C@H](O)[C@@H](O)C4)cc3F)cc2n1.